The molecule has 8 nitrogen and oxygen atoms in total. The molecular formula is C22H22N2O6S. The first-order chi connectivity index (χ1) is 14.8. The van der Waals surface area contributed by atoms with Crippen LogP contribution in [0.25, 0.3) is 10.9 Å². The molecule has 3 rings (SSSR count). The van der Waals surface area contributed by atoms with E-state index in [1.165, 1.54) is 11.3 Å². The minimum Gasteiger partial charge on any atom is -0.462 e. The maximum absolute atomic E-state index is 12.5. The van der Waals surface area contributed by atoms with Crippen molar-refractivity contribution < 1.29 is 23.9 Å². The Labute approximate surface area is 182 Å². The molecule has 0 aliphatic heterocycles. The SMILES string of the molecule is CCOC(=O)c1c(NC(=O)COC(=O)c2cc(=O)[nH]c3ccccc23)sc(C)c1CC. The van der Waals surface area contributed by atoms with Crippen LogP contribution in [0.4, 0.5) is 5.00 Å². The molecule has 31 heavy (non-hydrogen) atoms. The van der Waals surface area contributed by atoms with E-state index in [4.69, 9.17) is 9.47 Å². The first-order valence-corrected chi connectivity index (χ1v) is 10.6. The van der Waals surface area contributed by atoms with Gasteiger partial charge in [0, 0.05) is 21.8 Å². The number of H-pyrrole nitrogens is 1. The average molecular weight is 442 g/mol. The van der Waals surface area contributed by atoms with Crippen LogP contribution in [0.2, 0.25) is 0 Å². The van der Waals surface area contributed by atoms with Crippen molar-refractivity contribution in [3.63, 3.8) is 0 Å². The highest BCUT2D eigenvalue weighted by molar-refractivity contribution is 7.16. The van der Waals surface area contributed by atoms with Gasteiger partial charge < -0.3 is 19.8 Å². The lowest BCUT2D eigenvalue weighted by Gasteiger charge is -2.09. The van der Waals surface area contributed by atoms with Gasteiger partial charge in [-0.25, -0.2) is 9.59 Å². The van der Waals surface area contributed by atoms with Gasteiger partial charge in [0.2, 0.25) is 5.56 Å². The summed E-state index contributed by atoms with van der Waals surface area (Å²) in [5, 5.41) is 3.50. The standard InChI is InChI=1S/C22H22N2O6S/c1-4-13-12(3)31-20(19(13)22(28)29-5-2)24-18(26)11-30-21(27)15-10-17(25)23-16-9-7-6-8-14(15)16/h6-10H,4-5,11H2,1-3H3,(H,23,25)(H,24,26). The summed E-state index contributed by atoms with van der Waals surface area (Å²) in [5.74, 6) is -1.90. The third-order valence-corrected chi connectivity index (χ3v) is 5.66. The molecule has 2 N–H and O–H groups in total. The highest BCUT2D eigenvalue weighted by Gasteiger charge is 2.24. The van der Waals surface area contributed by atoms with Crippen molar-refractivity contribution in [3.8, 4) is 0 Å². The number of aromatic amines is 1. The molecule has 0 radical (unpaired) electrons. The lowest BCUT2D eigenvalue weighted by atomic mass is 10.1. The fourth-order valence-corrected chi connectivity index (χ4v) is 4.41. The van der Waals surface area contributed by atoms with Crippen LogP contribution < -0.4 is 10.9 Å². The number of aromatic nitrogens is 1. The van der Waals surface area contributed by atoms with E-state index in [1.807, 2.05) is 13.8 Å². The second-order valence-electron chi connectivity index (χ2n) is 6.63. The number of carbonyl (C=O) groups excluding carboxylic acids is 3. The van der Waals surface area contributed by atoms with E-state index in [0.29, 0.717) is 27.9 Å². The number of rotatable bonds is 7. The number of amides is 1. The fourth-order valence-electron chi connectivity index (χ4n) is 3.26. The van der Waals surface area contributed by atoms with E-state index in [-0.39, 0.29) is 12.2 Å². The zero-order chi connectivity index (χ0) is 22.5. The number of aryl methyl sites for hydroxylation is 1. The Morgan fingerprint density at radius 3 is 2.55 bits per heavy atom. The quantitative estimate of drug-likeness (QED) is 0.542. The van der Waals surface area contributed by atoms with E-state index in [1.54, 1.807) is 31.2 Å². The number of esters is 2. The Kier molecular flexibility index (Phi) is 6.86. The van der Waals surface area contributed by atoms with Gasteiger partial charge in [0.15, 0.2) is 6.61 Å². The van der Waals surface area contributed by atoms with Crippen molar-refractivity contribution in [1.29, 1.82) is 0 Å². The molecule has 0 atom stereocenters. The summed E-state index contributed by atoms with van der Waals surface area (Å²) < 4.78 is 10.2. The summed E-state index contributed by atoms with van der Waals surface area (Å²) in [6.45, 7) is 5.13. The molecule has 1 aromatic carbocycles. The molecule has 0 saturated heterocycles. The Bertz CT molecular complexity index is 1210. The predicted molar refractivity (Wildman–Crippen MR) is 118 cm³/mol. The van der Waals surface area contributed by atoms with E-state index >= 15 is 0 Å². The lowest BCUT2D eigenvalue weighted by molar-refractivity contribution is -0.119. The predicted octanol–water partition coefficient (Wildman–Crippen LogP) is 3.43. The maximum Gasteiger partial charge on any atom is 0.341 e. The van der Waals surface area contributed by atoms with E-state index in [0.717, 1.165) is 16.5 Å². The number of hydrogen-bond donors (Lipinski definition) is 2. The zero-order valence-electron chi connectivity index (χ0n) is 17.4. The highest BCUT2D eigenvalue weighted by atomic mass is 32.1. The minimum atomic E-state index is -0.792. The number of para-hydroxylation sites is 1. The number of nitrogens with one attached hydrogen (secondary N) is 2. The fraction of sp³-hybridized carbons (Fsp3) is 0.273. The van der Waals surface area contributed by atoms with E-state index < -0.39 is 30.0 Å². The van der Waals surface area contributed by atoms with Crippen molar-refractivity contribution in [2.24, 2.45) is 0 Å². The topological polar surface area (TPSA) is 115 Å². The first kappa shape index (κ1) is 22.2. The Balaban J connectivity index is 1.75. The van der Waals surface area contributed by atoms with Gasteiger partial charge >= 0.3 is 11.9 Å². The van der Waals surface area contributed by atoms with Crippen molar-refractivity contribution in [2.75, 3.05) is 18.5 Å². The van der Waals surface area contributed by atoms with Crippen LogP contribution in [0.15, 0.2) is 35.1 Å². The Hall–Kier alpha value is -3.46. The van der Waals surface area contributed by atoms with Gasteiger partial charge in [-0.1, -0.05) is 25.1 Å². The monoisotopic (exact) mass is 442 g/mol. The third kappa shape index (κ3) is 4.83. The number of fused-ring (bicyclic) bond motifs is 1. The van der Waals surface area contributed by atoms with Crippen LogP contribution in [0.1, 0.15) is 45.0 Å². The summed E-state index contributed by atoms with van der Waals surface area (Å²) in [7, 11) is 0. The summed E-state index contributed by atoms with van der Waals surface area (Å²) in [5.41, 5.74) is 1.25. The molecule has 2 heterocycles. The molecule has 0 fully saturated rings. The van der Waals surface area contributed by atoms with Crippen molar-refractivity contribution in [2.45, 2.75) is 27.2 Å². The van der Waals surface area contributed by atoms with Crippen LogP contribution >= 0.6 is 11.3 Å². The second-order valence-corrected chi connectivity index (χ2v) is 7.86. The number of benzene rings is 1. The van der Waals surface area contributed by atoms with Crippen molar-refractivity contribution in [1.82, 2.24) is 4.98 Å². The Morgan fingerprint density at radius 1 is 1.10 bits per heavy atom. The van der Waals surface area contributed by atoms with Gasteiger partial charge in [-0.3, -0.25) is 9.59 Å². The summed E-state index contributed by atoms with van der Waals surface area (Å²) in [6.07, 6.45) is 0.608. The number of carbonyl (C=O) groups is 3. The molecule has 1 amide bonds. The van der Waals surface area contributed by atoms with Crippen LogP contribution in [0.3, 0.4) is 0 Å². The molecule has 0 aliphatic rings. The number of ether oxygens (including phenoxy) is 2. The highest BCUT2D eigenvalue weighted by Crippen LogP contribution is 2.34. The molecule has 0 spiro atoms. The molecule has 0 unspecified atom stereocenters. The summed E-state index contributed by atoms with van der Waals surface area (Å²) >= 11 is 1.26. The first-order valence-electron chi connectivity index (χ1n) is 9.74. The smallest absolute Gasteiger partial charge is 0.341 e. The van der Waals surface area contributed by atoms with Crippen LogP contribution in [-0.2, 0) is 20.7 Å². The molecule has 0 bridgehead atoms. The van der Waals surface area contributed by atoms with Crippen molar-refractivity contribution >= 4 is 45.1 Å². The van der Waals surface area contributed by atoms with Crippen LogP contribution in [-0.4, -0.2) is 36.0 Å². The average Bonchev–Trinajstić information content (AvgIpc) is 3.06. The number of hydrogen-bond acceptors (Lipinski definition) is 7. The van der Waals surface area contributed by atoms with Gasteiger partial charge in [0.1, 0.15) is 5.00 Å². The van der Waals surface area contributed by atoms with E-state index in [2.05, 4.69) is 10.3 Å². The second kappa shape index (κ2) is 9.57. The minimum absolute atomic E-state index is 0.0691. The number of anilines is 1. The molecular weight excluding hydrogens is 420 g/mol. The molecule has 3 aromatic rings. The van der Waals surface area contributed by atoms with Gasteiger partial charge in [0.05, 0.1) is 17.7 Å². The number of thiophene rings is 1. The molecule has 0 aliphatic carbocycles. The van der Waals surface area contributed by atoms with Gasteiger partial charge in [0.25, 0.3) is 5.91 Å². The zero-order valence-corrected chi connectivity index (χ0v) is 18.2. The van der Waals surface area contributed by atoms with Gasteiger partial charge in [-0.15, -0.1) is 11.3 Å². The maximum atomic E-state index is 12.5. The number of pyridine rings is 1. The van der Waals surface area contributed by atoms with Gasteiger partial charge in [-0.05, 0) is 31.9 Å². The molecule has 9 heteroatoms. The molecule has 2 aromatic heterocycles. The Morgan fingerprint density at radius 2 is 1.84 bits per heavy atom. The van der Waals surface area contributed by atoms with E-state index in [9.17, 15) is 19.2 Å². The normalized spacial score (nSPS) is 10.7. The molecule has 0 saturated carbocycles. The van der Waals surface area contributed by atoms with Crippen molar-refractivity contribution in [3.05, 3.63) is 62.3 Å². The molecule has 162 valence electrons. The largest absolute Gasteiger partial charge is 0.462 e. The third-order valence-electron chi connectivity index (χ3n) is 4.60. The van der Waals surface area contributed by atoms with Crippen LogP contribution in [0.5, 0.6) is 0 Å². The lowest BCUT2D eigenvalue weighted by Crippen LogP contribution is -2.22. The van der Waals surface area contributed by atoms with Crippen LogP contribution in [0, 0.1) is 6.92 Å². The summed E-state index contributed by atoms with van der Waals surface area (Å²) in [6, 6.07) is 7.94. The summed E-state index contributed by atoms with van der Waals surface area (Å²) in [4.78, 5) is 52.6. The van der Waals surface area contributed by atoms with Gasteiger partial charge in [-0.2, -0.15) is 0 Å².